The maximum atomic E-state index is 11.9. The van der Waals surface area contributed by atoms with E-state index in [9.17, 15) is 4.79 Å². The van der Waals surface area contributed by atoms with Gasteiger partial charge in [0.05, 0.1) is 6.04 Å². The molecule has 0 spiro atoms. The van der Waals surface area contributed by atoms with E-state index in [2.05, 4.69) is 13.8 Å². The van der Waals surface area contributed by atoms with E-state index >= 15 is 0 Å². The van der Waals surface area contributed by atoms with Crippen LogP contribution in [0.25, 0.3) is 0 Å². The monoisotopic (exact) mass is 200 g/mol. The third-order valence-corrected chi connectivity index (χ3v) is 2.23. The lowest BCUT2D eigenvalue weighted by Crippen LogP contribution is -2.48. The van der Waals surface area contributed by atoms with Crippen LogP contribution < -0.4 is 5.73 Å². The molecule has 3 heteroatoms. The van der Waals surface area contributed by atoms with Gasteiger partial charge >= 0.3 is 0 Å². The van der Waals surface area contributed by atoms with Crippen LogP contribution in [0.15, 0.2) is 0 Å². The number of nitrogens with two attached hydrogens (primary N) is 1. The number of nitrogens with zero attached hydrogens (tertiary/aromatic N) is 1. The summed E-state index contributed by atoms with van der Waals surface area (Å²) in [4.78, 5) is 13.7. The molecular formula is C11H24N2O. The molecule has 0 radical (unpaired) electrons. The normalized spacial score (nSPS) is 13.4. The van der Waals surface area contributed by atoms with Gasteiger partial charge in [0.25, 0.3) is 0 Å². The van der Waals surface area contributed by atoms with E-state index in [0.717, 1.165) is 6.54 Å². The highest BCUT2D eigenvalue weighted by atomic mass is 16.2. The topological polar surface area (TPSA) is 46.3 Å². The zero-order chi connectivity index (χ0) is 11.3. The van der Waals surface area contributed by atoms with Gasteiger partial charge in [0, 0.05) is 12.6 Å². The molecule has 0 aliphatic carbocycles. The van der Waals surface area contributed by atoms with Crippen LogP contribution in [0.4, 0.5) is 0 Å². The van der Waals surface area contributed by atoms with Crippen molar-refractivity contribution in [3.8, 4) is 0 Å². The Morgan fingerprint density at radius 1 is 1.29 bits per heavy atom. The summed E-state index contributed by atoms with van der Waals surface area (Å²) in [6.07, 6.45) is 0.708. The highest BCUT2D eigenvalue weighted by molar-refractivity contribution is 5.81. The Labute approximate surface area is 87.6 Å². The minimum absolute atomic E-state index is 0.0798. The summed E-state index contributed by atoms with van der Waals surface area (Å²) in [5.41, 5.74) is 5.74. The summed E-state index contributed by atoms with van der Waals surface area (Å²) >= 11 is 0. The van der Waals surface area contributed by atoms with Gasteiger partial charge in [-0.2, -0.15) is 0 Å². The van der Waals surface area contributed by atoms with Crippen LogP contribution in [0, 0.1) is 5.92 Å². The molecule has 0 aromatic rings. The Morgan fingerprint density at radius 3 is 2.07 bits per heavy atom. The fraction of sp³-hybridized carbons (Fsp3) is 0.909. The first-order valence-electron chi connectivity index (χ1n) is 5.46. The molecule has 0 bridgehead atoms. The molecule has 0 aromatic carbocycles. The van der Waals surface area contributed by atoms with Crippen molar-refractivity contribution in [3.63, 3.8) is 0 Å². The fourth-order valence-corrected chi connectivity index (χ4v) is 1.34. The molecule has 1 unspecified atom stereocenters. The first-order valence-corrected chi connectivity index (χ1v) is 5.46. The van der Waals surface area contributed by atoms with Crippen LogP contribution in [-0.2, 0) is 4.79 Å². The van der Waals surface area contributed by atoms with Crippen molar-refractivity contribution in [3.05, 3.63) is 0 Å². The molecule has 0 aliphatic rings. The predicted molar refractivity (Wildman–Crippen MR) is 60.0 cm³/mol. The largest absolute Gasteiger partial charge is 0.339 e. The highest BCUT2D eigenvalue weighted by Crippen LogP contribution is 2.07. The Hall–Kier alpha value is -0.570. The number of rotatable bonds is 5. The summed E-state index contributed by atoms with van der Waals surface area (Å²) in [5.74, 6) is 0.571. The molecule has 3 nitrogen and oxygen atoms in total. The number of amides is 1. The van der Waals surface area contributed by atoms with Crippen molar-refractivity contribution in [1.82, 2.24) is 4.90 Å². The smallest absolute Gasteiger partial charge is 0.239 e. The summed E-state index contributed by atoms with van der Waals surface area (Å²) in [5, 5.41) is 0. The maximum Gasteiger partial charge on any atom is 0.239 e. The third-order valence-electron chi connectivity index (χ3n) is 2.23. The molecule has 14 heavy (non-hydrogen) atoms. The van der Waals surface area contributed by atoms with Crippen molar-refractivity contribution in [2.24, 2.45) is 11.7 Å². The van der Waals surface area contributed by atoms with Crippen molar-refractivity contribution < 1.29 is 4.79 Å². The number of carbonyl (C=O) groups is 1. The van der Waals surface area contributed by atoms with Crippen molar-refractivity contribution >= 4 is 5.91 Å². The van der Waals surface area contributed by atoms with Gasteiger partial charge in [-0.05, 0) is 26.2 Å². The van der Waals surface area contributed by atoms with E-state index in [1.807, 2.05) is 25.7 Å². The lowest BCUT2D eigenvalue weighted by atomic mass is 10.1. The minimum atomic E-state index is -0.337. The van der Waals surface area contributed by atoms with E-state index in [-0.39, 0.29) is 18.0 Å². The second-order valence-electron chi connectivity index (χ2n) is 4.49. The van der Waals surface area contributed by atoms with Crippen molar-refractivity contribution in [1.29, 1.82) is 0 Å². The van der Waals surface area contributed by atoms with Gasteiger partial charge in [-0.1, -0.05) is 20.8 Å². The molecule has 0 rings (SSSR count). The second-order valence-corrected chi connectivity index (χ2v) is 4.49. The van der Waals surface area contributed by atoms with E-state index in [0.29, 0.717) is 12.3 Å². The first kappa shape index (κ1) is 13.4. The lowest BCUT2D eigenvalue weighted by molar-refractivity contribution is -0.134. The SMILES string of the molecule is CCC(N)C(=O)N(CC(C)C)C(C)C. The first-order chi connectivity index (χ1) is 6.40. The molecule has 1 atom stereocenters. The van der Waals surface area contributed by atoms with Gasteiger partial charge in [0.15, 0.2) is 0 Å². The van der Waals surface area contributed by atoms with Gasteiger partial charge in [-0.15, -0.1) is 0 Å². The molecule has 0 aromatic heterocycles. The van der Waals surface area contributed by atoms with Crippen LogP contribution in [0.1, 0.15) is 41.0 Å². The lowest BCUT2D eigenvalue weighted by Gasteiger charge is -2.30. The Bertz CT molecular complexity index is 178. The maximum absolute atomic E-state index is 11.9. The van der Waals surface area contributed by atoms with E-state index in [1.165, 1.54) is 0 Å². The van der Waals surface area contributed by atoms with Crippen molar-refractivity contribution in [2.45, 2.75) is 53.1 Å². The molecule has 0 heterocycles. The summed E-state index contributed by atoms with van der Waals surface area (Å²) in [6, 6.07) is -0.0985. The number of carbonyl (C=O) groups excluding carboxylic acids is 1. The highest BCUT2D eigenvalue weighted by Gasteiger charge is 2.22. The van der Waals surface area contributed by atoms with Crippen LogP contribution >= 0.6 is 0 Å². The van der Waals surface area contributed by atoms with Crippen LogP contribution in [0.2, 0.25) is 0 Å². The number of hydrogen-bond donors (Lipinski definition) is 1. The Kier molecular flexibility index (Phi) is 5.77. The Balaban J connectivity index is 4.41. The van der Waals surface area contributed by atoms with Gasteiger partial charge in [0.1, 0.15) is 0 Å². The molecule has 0 fully saturated rings. The zero-order valence-corrected chi connectivity index (χ0v) is 10.1. The summed E-state index contributed by atoms with van der Waals surface area (Å²) in [7, 11) is 0. The van der Waals surface area contributed by atoms with E-state index < -0.39 is 0 Å². The van der Waals surface area contributed by atoms with Crippen LogP contribution in [0.5, 0.6) is 0 Å². The standard InChI is InChI=1S/C11H24N2O/c1-6-10(12)11(14)13(9(4)5)7-8(2)3/h8-10H,6-7,12H2,1-5H3. The average Bonchev–Trinajstić information content (AvgIpc) is 2.11. The van der Waals surface area contributed by atoms with Gasteiger partial charge < -0.3 is 10.6 Å². The molecule has 1 amide bonds. The molecule has 84 valence electrons. The third kappa shape index (κ3) is 4.09. The molecule has 0 saturated heterocycles. The summed E-state index contributed by atoms with van der Waals surface area (Å²) in [6.45, 7) is 11.0. The van der Waals surface area contributed by atoms with Gasteiger partial charge in [-0.3, -0.25) is 4.79 Å². The zero-order valence-electron chi connectivity index (χ0n) is 10.1. The fourth-order valence-electron chi connectivity index (χ4n) is 1.34. The Morgan fingerprint density at radius 2 is 1.79 bits per heavy atom. The predicted octanol–water partition coefficient (Wildman–Crippen LogP) is 1.62. The number of hydrogen-bond acceptors (Lipinski definition) is 2. The van der Waals surface area contributed by atoms with Crippen LogP contribution in [-0.4, -0.2) is 29.4 Å². The molecule has 0 aliphatic heterocycles. The minimum Gasteiger partial charge on any atom is -0.339 e. The van der Waals surface area contributed by atoms with Gasteiger partial charge in [-0.25, -0.2) is 0 Å². The quantitative estimate of drug-likeness (QED) is 0.733. The summed E-state index contributed by atoms with van der Waals surface area (Å²) < 4.78 is 0. The molecule has 2 N–H and O–H groups in total. The van der Waals surface area contributed by atoms with Crippen molar-refractivity contribution in [2.75, 3.05) is 6.54 Å². The van der Waals surface area contributed by atoms with Crippen LogP contribution in [0.3, 0.4) is 0 Å². The second kappa shape index (κ2) is 6.02. The van der Waals surface area contributed by atoms with E-state index in [1.54, 1.807) is 0 Å². The molecular weight excluding hydrogens is 176 g/mol. The average molecular weight is 200 g/mol. The van der Waals surface area contributed by atoms with Gasteiger partial charge in [0.2, 0.25) is 5.91 Å². The molecule has 0 saturated carbocycles. The van der Waals surface area contributed by atoms with E-state index in [4.69, 9.17) is 5.73 Å².